The molecule has 1 rings (SSSR count). The van der Waals surface area contributed by atoms with Crippen molar-refractivity contribution in [3.8, 4) is 0 Å². The van der Waals surface area contributed by atoms with E-state index in [1.807, 2.05) is 21.6 Å². The summed E-state index contributed by atoms with van der Waals surface area (Å²) in [5.74, 6) is 0. The molecule has 0 aliphatic carbocycles. The Kier molecular flexibility index (Phi) is 1.32. The minimum Gasteiger partial charge on any atom is -0.0771 e. The lowest BCUT2D eigenvalue weighted by atomic mass is 10.0. The van der Waals surface area contributed by atoms with Crippen molar-refractivity contribution in [2.45, 2.75) is 25.4 Å². The highest BCUT2D eigenvalue weighted by molar-refractivity contribution is 8.92. The van der Waals surface area contributed by atoms with Gasteiger partial charge in [0.15, 0.2) is 0 Å². The number of hydrogen-bond donors (Lipinski definition) is 0. The van der Waals surface area contributed by atoms with Crippen molar-refractivity contribution < 1.29 is 0 Å². The van der Waals surface area contributed by atoms with Crippen molar-refractivity contribution in [2.75, 3.05) is 0 Å². The normalized spacial score (nSPS) is 22.7. The van der Waals surface area contributed by atoms with Gasteiger partial charge in [-0.2, -0.15) is 0 Å². The van der Waals surface area contributed by atoms with E-state index in [4.69, 9.17) is 0 Å². The van der Waals surface area contributed by atoms with E-state index in [2.05, 4.69) is 20.8 Å². The Hall–Kier alpha value is 0.700. The van der Waals surface area contributed by atoms with Crippen LogP contribution in [0.2, 0.25) is 0 Å². The van der Waals surface area contributed by atoms with Crippen LogP contribution in [0.4, 0.5) is 0 Å². The van der Waals surface area contributed by atoms with Gasteiger partial charge in [-0.05, 0) is 5.41 Å². The van der Waals surface area contributed by atoms with Crippen molar-refractivity contribution in [3.05, 3.63) is 0 Å². The zero-order valence-corrected chi connectivity index (χ0v) is 6.53. The van der Waals surface area contributed by atoms with Crippen LogP contribution in [0.1, 0.15) is 20.8 Å². The molecule has 42 valence electrons. The molecule has 1 saturated heterocycles. The quantitative estimate of drug-likeness (QED) is 0.369. The van der Waals surface area contributed by atoms with Crippen LogP contribution in [0.5, 0.6) is 0 Å². The van der Waals surface area contributed by atoms with Crippen LogP contribution in [-0.2, 0) is 0 Å². The van der Waals surface area contributed by atoms with E-state index >= 15 is 0 Å². The molecule has 7 heavy (non-hydrogen) atoms. The van der Waals surface area contributed by atoms with Gasteiger partial charge in [0, 0.05) is 0 Å². The van der Waals surface area contributed by atoms with E-state index in [9.17, 15) is 0 Å². The molecule has 2 heteroatoms. The van der Waals surface area contributed by atoms with E-state index in [0.717, 1.165) is 4.58 Å². The summed E-state index contributed by atoms with van der Waals surface area (Å²) in [6.45, 7) is 6.85. The fourth-order valence-corrected chi connectivity index (χ4v) is 2.85. The van der Waals surface area contributed by atoms with Crippen molar-refractivity contribution in [2.24, 2.45) is 5.41 Å². The standard InChI is InChI=1S/C5H10S2/c1-5(2,3)4-6-7-4/h4H,1-3H3. The second-order valence-corrected chi connectivity index (χ2v) is 5.67. The van der Waals surface area contributed by atoms with Gasteiger partial charge >= 0.3 is 0 Å². The number of hydrogen-bond acceptors (Lipinski definition) is 2. The van der Waals surface area contributed by atoms with Crippen LogP contribution in [0, 0.1) is 5.41 Å². The smallest absolute Gasteiger partial charge is 0.0758 e. The molecule has 0 amide bonds. The lowest BCUT2D eigenvalue weighted by Gasteiger charge is -2.12. The molecule has 1 heterocycles. The molecule has 0 atom stereocenters. The third-order valence-electron chi connectivity index (χ3n) is 0.900. The topological polar surface area (TPSA) is 0 Å². The molecule has 0 saturated carbocycles. The van der Waals surface area contributed by atoms with Crippen LogP contribution in [-0.4, -0.2) is 4.58 Å². The van der Waals surface area contributed by atoms with Gasteiger partial charge in [-0.3, -0.25) is 0 Å². The van der Waals surface area contributed by atoms with Crippen LogP contribution in [0.15, 0.2) is 0 Å². The average molecular weight is 134 g/mol. The Morgan fingerprint density at radius 3 is 1.57 bits per heavy atom. The van der Waals surface area contributed by atoms with Crippen LogP contribution in [0.25, 0.3) is 0 Å². The molecule has 0 unspecified atom stereocenters. The maximum Gasteiger partial charge on any atom is 0.0758 e. The third-order valence-corrected chi connectivity index (χ3v) is 3.85. The Labute approximate surface area is 52.8 Å². The zero-order valence-electron chi connectivity index (χ0n) is 4.89. The van der Waals surface area contributed by atoms with Gasteiger partial charge in [-0.15, -0.1) is 0 Å². The zero-order chi connectivity index (χ0) is 5.49. The SMILES string of the molecule is CC(C)(C)C1SS1. The Morgan fingerprint density at radius 2 is 1.57 bits per heavy atom. The molecule has 0 aromatic carbocycles. The van der Waals surface area contributed by atoms with Gasteiger partial charge in [-0.1, -0.05) is 42.4 Å². The fourth-order valence-electron chi connectivity index (χ4n) is 0.316. The molecule has 0 nitrogen and oxygen atoms in total. The second kappa shape index (κ2) is 1.59. The van der Waals surface area contributed by atoms with Gasteiger partial charge in [0.1, 0.15) is 0 Å². The molecule has 0 radical (unpaired) electrons. The molecule has 0 N–H and O–H groups in total. The summed E-state index contributed by atoms with van der Waals surface area (Å²) in [5, 5.41) is 0. The minimum absolute atomic E-state index is 0.537. The maximum absolute atomic E-state index is 2.28. The van der Waals surface area contributed by atoms with E-state index < -0.39 is 0 Å². The van der Waals surface area contributed by atoms with E-state index in [1.165, 1.54) is 0 Å². The molecule has 0 spiro atoms. The summed E-state index contributed by atoms with van der Waals surface area (Å²) in [5.41, 5.74) is 0.537. The van der Waals surface area contributed by atoms with Gasteiger partial charge in [0.2, 0.25) is 0 Å². The third kappa shape index (κ3) is 1.57. The lowest BCUT2D eigenvalue weighted by Crippen LogP contribution is -2.09. The Bertz CT molecular complexity index is 68.6. The van der Waals surface area contributed by atoms with E-state index in [1.54, 1.807) is 0 Å². The highest BCUT2D eigenvalue weighted by Crippen LogP contribution is 2.61. The number of rotatable bonds is 0. The van der Waals surface area contributed by atoms with Crippen LogP contribution < -0.4 is 0 Å². The van der Waals surface area contributed by atoms with Gasteiger partial charge in [0.25, 0.3) is 0 Å². The lowest BCUT2D eigenvalue weighted by molar-refractivity contribution is 0.467. The molecule has 1 aliphatic heterocycles. The predicted octanol–water partition coefficient (Wildman–Crippen LogP) is 2.75. The second-order valence-electron chi connectivity index (χ2n) is 2.89. The monoisotopic (exact) mass is 134 g/mol. The first-order valence-corrected chi connectivity index (χ1v) is 4.70. The van der Waals surface area contributed by atoms with Gasteiger partial charge < -0.3 is 0 Å². The summed E-state index contributed by atoms with van der Waals surface area (Å²) in [6, 6.07) is 0. The first-order valence-electron chi connectivity index (χ1n) is 2.43. The molecular formula is C5H10S2. The van der Waals surface area contributed by atoms with E-state index in [0.29, 0.717) is 5.41 Å². The summed E-state index contributed by atoms with van der Waals surface area (Å²) in [4.78, 5) is 0. The van der Waals surface area contributed by atoms with Gasteiger partial charge in [-0.25, -0.2) is 0 Å². The Morgan fingerprint density at radius 1 is 1.14 bits per heavy atom. The molecule has 0 aromatic heterocycles. The first kappa shape index (κ1) is 5.83. The summed E-state index contributed by atoms with van der Waals surface area (Å²) in [6.07, 6.45) is 0. The Balaban J connectivity index is 2.36. The maximum atomic E-state index is 2.28. The summed E-state index contributed by atoms with van der Waals surface area (Å²) >= 11 is 0. The van der Waals surface area contributed by atoms with Crippen LogP contribution >= 0.6 is 21.6 Å². The van der Waals surface area contributed by atoms with Crippen molar-refractivity contribution in [3.63, 3.8) is 0 Å². The van der Waals surface area contributed by atoms with E-state index in [-0.39, 0.29) is 0 Å². The van der Waals surface area contributed by atoms with Crippen molar-refractivity contribution in [1.29, 1.82) is 0 Å². The minimum atomic E-state index is 0.537. The highest BCUT2D eigenvalue weighted by Gasteiger charge is 2.36. The fraction of sp³-hybridized carbons (Fsp3) is 1.00. The summed E-state index contributed by atoms with van der Waals surface area (Å²) < 4.78 is 0.882. The first-order chi connectivity index (χ1) is 3.11. The molecule has 1 fully saturated rings. The molecule has 1 aliphatic rings. The average Bonchev–Trinajstić information content (AvgIpc) is 1.99. The largest absolute Gasteiger partial charge is 0.0771 e. The molecule has 0 aromatic rings. The van der Waals surface area contributed by atoms with Crippen LogP contribution in [0.3, 0.4) is 0 Å². The summed E-state index contributed by atoms with van der Waals surface area (Å²) in [7, 11) is 3.98. The molecule has 0 bridgehead atoms. The molecular weight excluding hydrogens is 124 g/mol. The van der Waals surface area contributed by atoms with Crippen molar-refractivity contribution >= 4 is 21.6 Å². The van der Waals surface area contributed by atoms with Crippen molar-refractivity contribution in [1.82, 2.24) is 0 Å². The predicted molar refractivity (Wildman–Crippen MR) is 38.4 cm³/mol. The highest BCUT2D eigenvalue weighted by atomic mass is 33.2. The van der Waals surface area contributed by atoms with Gasteiger partial charge in [0.05, 0.1) is 4.58 Å².